The van der Waals surface area contributed by atoms with Crippen molar-refractivity contribution in [1.82, 2.24) is 9.66 Å². The number of imidazole rings is 1. The minimum absolute atomic E-state index is 0.152. The molecule has 3 rings (SSSR count). The van der Waals surface area contributed by atoms with Crippen LogP contribution in [0.3, 0.4) is 0 Å². The summed E-state index contributed by atoms with van der Waals surface area (Å²) in [5, 5.41) is 10.2. The standard InChI is InChI=1S/C14H17N3O2/c18-13(9-14(19)7-3-4-8-14)16-17-10-15-11-5-1-2-6-12(11)17/h1-2,5-6,10,19H,3-4,7-9H2,(H,16,18). The second-order valence-corrected chi connectivity index (χ2v) is 5.25. The predicted octanol–water partition coefficient (Wildman–Crippen LogP) is 1.80. The van der Waals surface area contributed by atoms with Gasteiger partial charge in [0.1, 0.15) is 6.33 Å². The van der Waals surface area contributed by atoms with Crippen molar-refractivity contribution in [1.29, 1.82) is 0 Å². The third kappa shape index (κ3) is 2.46. The van der Waals surface area contributed by atoms with Crippen LogP contribution in [0.1, 0.15) is 32.1 Å². The SMILES string of the molecule is O=C(CC1(O)CCCC1)Nn1cnc2ccccc21. The van der Waals surface area contributed by atoms with Gasteiger partial charge in [-0.2, -0.15) is 0 Å². The highest BCUT2D eigenvalue weighted by molar-refractivity contribution is 5.87. The fourth-order valence-electron chi connectivity index (χ4n) is 2.73. The third-order valence-electron chi connectivity index (χ3n) is 3.72. The van der Waals surface area contributed by atoms with Crippen LogP contribution in [-0.2, 0) is 4.79 Å². The summed E-state index contributed by atoms with van der Waals surface area (Å²) in [7, 11) is 0. The summed E-state index contributed by atoms with van der Waals surface area (Å²) in [5.41, 5.74) is 3.64. The van der Waals surface area contributed by atoms with Crippen molar-refractivity contribution in [2.24, 2.45) is 0 Å². The number of carbonyl (C=O) groups is 1. The van der Waals surface area contributed by atoms with Gasteiger partial charge in [-0.1, -0.05) is 25.0 Å². The number of carbonyl (C=O) groups excluding carboxylic acids is 1. The molecule has 1 heterocycles. The van der Waals surface area contributed by atoms with Gasteiger partial charge in [-0.15, -0.1) is 0 Å². The lowest BCUT2D eigenvalue weighted by Crippen LogP contribution is -2.33. The molecular weight excluding hydrogens is 242 g/mol. The Labute approximate surface area is 111 Å². The molecule has 100 valence electrons. The Bertz CT molecular complexity index is 600. The summed E-state index contributed by atoms with van der Waals surface area (Å²) in [4.78, 5) is 16.2. The number of nitrogens with zero attached hydrogens (tertiary/aromatic N) is 2. The van der Waals surface area contributed by atoms with E-state index in [0.717, 1.165) is 23.9 Å². The average Bonchev–Trinajstić information content (AvgIpc) is 2.97. The zero-order valence-corrected chi connectivity index (χ0v) is 10.7. The Hall–Kier alpha value is -1.88. The number of nitrogens with one attached hydrogen (secondary N) is 1. The lowest BCUT2D eigenvalue weighted by atomic mass is 9.98. The largest absolute Gasteiger partial charge is 0.389 e. The van der Waals surface area contributed by atoms with Crippen molar-refractivity contribution in [2.45, 2.75) is 37.7 Å². The van der Waals surface area contributed by atoms with E-state index < -0.39 is 5.60 Å². The van der Waals surface area contributed by atoms with Gasteiger partial charge in [0.05, 0.1) is 23.1 Å². The van der Waals surface area contributed by atoms with E-state index in [4.69, 9.17) is 0 Å². The van der Waals surface area contributed by atoms with Gasteiger partial charge in [0.2, 0.25) is 5.91 Å². The van der Waals surface area contributed by atoms with Crippen LogP contribution < -0.4 is 5.43 Å². The van der Waals surface area contributed by atoms with E-state index in [9.17, 15) is 9.90 Å². The first-order valence-electron chi connectivity index (χ1n) is 6.61. The summed E-state index contributed by atoms with van der Waals surface area (Å²) in [5.74, 6) is -0.174. The summed E-state index contributed by atoms with van der Waals surface area (Å²) < 4.78 is 1.61. The van der Waals surface area contributed by atoms with Crippen LogP contribution in [0.4, 0.5) is 0 Å². The first kappa shape index (κ1) is 12.2. The molecule has 0 radical (unpaired) electrons. The zero-order chi connectivity index (χ0) is 13.3. The van der Waals surface area contributed by atoms with Gasteiger partial charge in [-0.25, -0.2) is 9.66 Å². The first-order valence-corrected chi connectivity index (χ1v) is 6.61. The fraction of sp³-hybridized carbons (Fsp3) is 0.429. The van der Waals surface area contributed by atoms with Crippen LogP contribution in [0, 0.1) is 0 Å². The van der Waals surface area contributed by atoms with Crippen LogP contribution in [0.15, 0.2) is 30.6 Å². The zero-order valence-electron chi connectivity index (χ0n) is 10.7. The van der Waals surface area contributed by atoms with Crippen LogP contribution in [0.2, 0.25) is 0 Å². The summed E-state index contributed by atoms with van der Waals surface area (Å²) >= 11 is 0. The van der Waals surface area contributed by atoms with Gasteiger partial charge in [0, 0.05) is 0 Å². The molecule has 1 saturated carbocycles. The van der Waals surface area contributed by atoms with E-state index in [0.29, 0.717) is 12.8 Å². The van der Waals surface area contributed by atoms with Gasteiger partial charge >= 0.3 is 0 Å². The summed E-state index contributed by atoms with van der Waals surface area (Å²) in [6, 6.07) is 7.59. The molecule has 19 heavy (non-hydrogen) atoms. The number of hydrogen-bond donors (Lipinski definition) is 2. The average molecular weight is 259 g/mol. The number of hydrogen-bond acceptors (Lipinski definition) is 3. The second-order valence-electron chi connectivity index (χ2n) is 5.25. The Morgan fingerprint density at radius 3 is 2.89 bits per heavy atom. The van der Waals surface area contributed by atoms with E-state index >= 15 is 0 Å². The van der Waals surface area contributed by atoms with Crippen molar-refractivity contribution in [3.8, 4) is 0 Å². The molecule has 1 aromatic heterocycles. The third-order valence-corrected chi connectivity index (χ3v) is 3.72. The molecule has 1 aromatic carbocycles. The van der Waals surface area contributed by atoms with Gasteiger partial charge in [0.25, 0.3) is 0 Å². The van der Waals surface area contributed by atoms with Crippen molar-refractivity contribution >= 4 is 16.9 Å². The van der Waals surface area contributed by atoms with Gasteiger partial charge in [0.15, 0.2) is 0 Å². The minimum atomic E-state index is -0.819. The quantitative estimate of drug-likeness (QED) is 0.883. The van der Waals surface area contributed by atoms with Crippen molar-refractivity contribution in [3.05, 3.63) is 30.6 Å². The monoisotopic (exact) mass is 259 g/mol. The number of aliphatic hydroxyl groups is 1. The molecule has 1 aliphatic carbocycles. The minimum Gasteiger partial charge on any atom is -0.389 e. The topological polar surface area (TPSA) is 67.2 Å². The lowest BCUT2D eigenvalue weighted by Gasteiger charge is -2.21. The maximum atomic E-state index is 12.0. The highest BCUT2D eigenvalue weighted by atomic mass is 16.3. The van der Waals surface area contributed by atoms with Crippen LogP contribution in [0.25, 0.3) is 11.0 Å². The van der Waals surface area contributed by atoms with E-state index in [1.807, 2.05) is 24.3 Å². The summed E-state index contributed by atoms with van der Waals surface area (Å²) in [6.45, 7) is 0. The predicted molar refractivity (Wildman–Crippen MR) is 72.1 cm³/mol. The van der Waals surface area contributed by atoms with Gasteiger partial charge < -0.3 is 5.11 Å². The molecule has 0 unspecified atom stereocenters. The Morgan fingerprint density at radius 2 is 2.11 bits per heavy atom. The van der Waals surface area contributed by atoms with E-state index in [2.05, 4.69) is 10.4 Å². The number of benzene rings is 1. The second kappa shape index (κ2) is 4.66. The first-order chi connectivity index (χ1) is 9.16. The van der Waals surface area contributed by atoms with Crippen LogP contribution >= 0.6 is 0 Å². The fourth-order valence-corrected chi connectivity index (χ4v) is 2.73. The highest BCUT2D eigenvalue weighted by Crippen LogP contribution is 2.32. The Morgan fingerprint density at radius 1 is 1.37 bits per heavy atom. The molecule has 5 nitrogen and oxygen atoms in total. The Balaban J connectivity index is 1.72. The normalized spacial score (nSPS) is 17.7. The van der Waals surface area contributed by atoms with E-state index in [-0.39, 0.29) is 12.3 Å². The van der Waals surface area contributed by atoms with Gasteiger partial charge in [-0.3, -0.25) is 10.2 Å². The molecule has 2 aromatic rings. The van der Waals surface area contributed by atoms with Crippen molar-refractivity contribution in [3.63, 3.8) is 0 Å². The van der Waals surface area contributed by atoms with Crippen molar-refractivity contribution < 1.29 is 9.90 Å². The van der Waals surface area contributed by atoms with Crippen LogP contribution in [0.5, 0.6) is 0 Å². The van der Waals surface area contributed by atoms with Crippen molar-refractivity contribution in [2.75, 3.05) is 5.43 Å². The number of para-hydroxylation sites is 2. The number of aromatic nitrogens is 2. The highest BCUT2D eigenvalue weighted by Gasteiger charge is 2.33. The molecule has 0 bridgehead atoms. The van der Waals surface area contributed by atoms with Crippen LogP contribution in [-0.4, -0.2) is 26.3 Å². The molecule has 1 fully saturated rings. The molecule has 2 N–H and O–H groups in total. The molecule has 1 aliphatic rings. The molecule has 0 saturated heterocycles. The number of amides is 1. The molecule has 0 aliphatic heterocycles. The summed E-state index contributed by atoms with van der Waals surface area (Å²) in [6.07, 6.45) is 5.16. The van der Waals surface area contributed by atoms with E-state index in [1.54, 1.807) is 11.0 Å². The smallest absolute Gasteiger partial charge is 0.241 e. The molecular formula is C14H17N3O2. The lowest BCUT2D eigenvalue weighted by molar-refractivity contribution is -0.121. The Kier molecular flexibility index (Phi) is 2.98. The van der Waals surface area contributed by atoms with E-state index in [1.165, 1.54) is 0 Å². The number of fused-ring (bicyclic) bond motifs is 1. The molecule has 0 spiro atoms. The molecule has 5 heteroatoms. The maximum absolute atomic E-state index is 12.0. The van der Waals surface area contributed by atoms with Gasteiger partial charge in [-0.05, 0) is 25.0 Å². The molecule has 1 amide bonds. The number of rotatable bonds is 3. The maximum Gasteiger partial charge on any atom is 0.241 e. The molecule has 0 atom stereocenters.